The zero-order valence-corrected chi connectivity index (χ0v) is 19.6. The van der Waals surface area contributed by atoms with E-state index in [4.69, 9.17) is 0 Å². The van der Waals surface area contributed by atoms with Gasteiger partial charge in [-0.25, -0.2) is 14.8 Å². The molecule has 1 aromatic carbocycles. The van der Waals surface area contributed by atoms with Gasteiger partial charge in [-0.15, -0.1) is 0 Å². The number of amides is 1. The molecule has 2 aromatic heterocycles. The number of H-pyrrole nitrogens is 1. The number of carbonyl (C=O) groups excluding carboxylic acids is 1. The Bertz CT molecular complexity index is 1270. The van der Waals surface area contributed by atoms with Crippen molar-refractivity contribution in [3.8, 4) is 0 Å². The third-order valence-corrected chi connectivity index (χ3v) is 6.60. The van der Waals surface area contributed by atoms with Gasteiger partial charge in [-0.2, -0.15) is 0 Å². The van der Waals surface area contributed by atoms with Crippen LogP contribution in [0.15, 0.2) is 21.7 Å². The van der Waals surface area contributed by atoms with Gasteiger partial charge < -0.3 is 5.32 Å². The summed E-state index contributed by atoms with van der Waals surface area (Å²) in [4.78, 5) is 50.2. The maximum absolute atomic E-state index is 13.2. The fourth-order valence-electron chi connectivity index (χ4n) is 4.72. The number of aromatic nitrogens is 4. The molecule has 8 heteroatoms. The first-order chi connectivity index (χ1) is 16.0. The van der Waals surface area contributed by atoms with Crippen LogP contribution in [-0.2, 0) is 4.79 Å². The van der Waals surface area contributed by atoms with Gasteiger partial charge in [0.1, 0.15) is 0 Å². The van der Waals surface area contributed by atoms with Crippen LogP contribution in [0.4, 0.5) is 5.69 Å². The van der Waals surface area contributed by atoms with E-state index in [0.29, 0.717) is 23.1 Å². The zero-order valence-electron chi connectivity index (χ0n) is 19.6. The van der Waals surface area contributed by atoms with E-state index in [1.54, 1.807) is 6.07 Å². The maximum Gasteiger partial charge on any atom is 0.330 e. The summed E-state index contributed by atoms with van der Waals surface area (Å²) in [6.07, 6.45) is 10.6. The molecule has 0 bridgehead atoms. The van der Waals surface area contributed by atoms with Crippen LogP contribution < -0.4 is 16.6 Å². The second-order valence-corrected chi connectivity index (χ2v) is 9.19. The quantitative estimate of drug-likeness (QED) is 0.306. The number of hydrogen-bond acceptors (Lipinski definition) is 5. The van der Waals surface area contributed by atoms with Gasteiger partial charge in [0.25, 0.3) is 5.56 Å². The highest BCUT2D eigenvalue weighted by atomic mass is 16.2. The van der Waals surface area contributed by atoms with E-state index in [2.05, 4.69) is 27.2 Å². The third-order valence-electron chi connectivity index (χ3n) is 6.60. The first-order valence-corrected chi connectivity index (χ1v) is 12.2. The summed E-state index contributed by atoms with van der Waals surface area (Å²) in [5.41, 5.74) is 2.17. The molecule has 176 valence electrons. The van der Waals surface area contributed by atoms with Gasteiger partial charge in [0.05, 0.1) is 11.0 Å². The number of nitrogens with zero attached hydrogens (tertiary/aromatic N) is 3. The summed E-state index contributed by atoms with van der Waals surface area (Å²) in [5, 5.41) is 2.96. The predicted octanol–water partition coefficient (Wildman–Crippen LogP) is 4.75. The number of benzene rings is 1. The molecular weight excluding hydrogens is 418 g/mol. The first-order valence-electron chi connectivity index (χ1n) is 12.2. The van der Waals surface area contributed by atoms with Crippen molar-refractivity contribution in [1.82, 2.24) is 19.5 Å². The molecule has 8 nitrogen and oxygen atoms in total. The Morgan fingerprint density at radius 2 is 1.79 bits per heavy atom. The molecule has 0 spiro atoms. The molecule has 0 saturated heterocycles. The van der Waals surface area contributed by atoms with Gasteiger partial charge in [-0.1, -0.05) is 51.9 Å². The average molecular weight is 452 g/mol. The minimum atomic E-state index is -0.430. The molecule has 3 aromatic rings. The highest BCUT2D eigenvalue weighted by Crippen LogP contribution is 2.26. The number of fused-ring (bicyclic) bond motifs is 2. The molecule has 1 saturated carbocycles. The van der Waals surface area contributed by atoms with Crippen molar-refractivity contribution in [2.24, 2.45) is 0 Å². The van der Waals surface area contributed by atoms with E-state index in [1.165, 1.54) is 4.57 Å². The molecular formula is C25H33N5O3. The van der Waals surface area contributed by atoms with Crippen molar-refractivity contribution in [3.05, 3.63) is 38.5 Å². The lowest BCUT2D eigenvalue weighted by Crippen LogP contribution is -2.38. The second-order valence-electron chi connectivity index (χ2n) is 9.19. The van der Waals surface area contributed by atoms with Crippen molar-refractivity contribution in [3.63, 3.8) is 0 Å². The van der Waals surface area contributed by atoms with E-state index in [0.717, 1.165) is 69.8 Å². The van der Waals surface area contributed by atoms with Crippen LogP contribution in [0, 0.1) is 6.92 Å². The molecule has 1 aliphatic rings. The average Bonchev–Trinajstić information content (AvgIpc) is 3.06. The number of rotatable bonds is 7. The van der Waals surface area contributed by atoms with Crippen LogP contribution >= 0.6 is 0 Å². The van der Waals surface area contributed by atoms with Crippen molar-refractivity contribution >= 4 is 33.8 Å². The normalized spacial score (nSPS) is 15.1. The van der Waals surface area contributed by atoms with Crippen LogP contribution in [0.2, 0.25) is 0 Å². The van der Waals surface area contributed by atoms with Gasteiger partial charge in [0.2, 0.25) is 5.91 Å². The van der Waals surface area contributed by atoms with Crippen molar-refractivity contribution in [1.29, 1.82) is 0 Å². The van der Waals surface area contributed by atoms with Crippen molar-refractivity contribution < 1.29 is 4.79 Å². The molecule has 0 radical (unpaired) electrons. The molecule has 1 fully saturated rings. The molecule has 1 amide bonds. The van der Waals surface area contributed by atoms with E-state index in [9.17, 15) is 14.4 Å². The predicted molar refractivity (Wildman–Crippen MR) is 131 cm³/mol. The van der Waals surface area contributed by atoms with Crippen LogP contribution in [0.5, 0.6) is 0 Å². The molecule has 4 rings (SSSR count). The number of hydrogen-bond donors (Lipinski definition) is 2. The van der Waals surface area contributed by atoms with Crippen LogP contribution in [0.3, 0.4) is 0 Å². The Balaban J connectivity index is 1.67. The van der Waals surface area contributed by atoms with E-state index < -0.39 is 5.69 Å². The fourth-order valence-corrected chi connectivity index (χ4v) is 4.72. The summed E-state index contributed by atoms with van der Waals surface area (Å²) in [5.74, 6) is -0.0259. The highest BCUT2D eigenvalue weighted by molar-refractivity contribution is 5.95. The smallest absolute Gasteiger partial charge is 0.326 e. The molecule has 2 heterocycles. The summed E-state index contributed by atoms with van der Waals surface area (Å²) < 4.78 is 1.34. The minimum Gasteiger partial charge on any atom is -0.326 e. The van der Waals surface area contributed by atoms with Crippen molar-refractivity contribution in [2.45, 2.75) is 90.5 Å². The number of unbranched alkanes of at least 4 members (excludes halogenated alkanes) is 3. The second kappa shape index (κ2) is 10.3. The lowest BCUT2D eigenvalue weighted by Gasteiger charge is -2.16. The Labute approximate surface area is 192 Å². The largest absolute Gasteiger partial charge is 0.330 e. The van der Waals surface area contributed by atoms with Gasteiger partial charge in [-0.05, 0) is 43.9 Å². The van der Waals surface area contributed by atoms with E-state index in [1.807, 2.05) is 13.0 Å². The lowest BCUT2D eigenvalue weighted by molar-refractivity contribution is -0.116. The SMILES string of the molecule is CCCCCCC(=O)Nc1cc2nc3[nH]c(=O)n(C4CCCCCC4)c(=O)c3nc2cc1C. The molecule has 0 atom stereocenters. The maximum atomic E-state index is 13.2. The van der Waals surface area contributed by atoms with Crippen LogP contribution in [0.25, 0.3) is 22.2 Å². The molecule has 0 unspecified atom stereocenters. The molecule has 33 heavy (non-hydrogen) atoms. The Hall–Kier alpha value is -3.03. The monoisotopic (exact) mass is 451 g/mol. The standard InChI is InChI=1S/C25H33N5O3/c1-3-4-5-10-13-21(31)26-18-15-20-19(14-16(18)2)27-22-23(28-20)29-25(33)30(24(22)32)17-11-8-6-7-9-12-17/h14-15,17H,3-13H2,1-2H3,(H,26,31)(H,28,29,33). The summed E-state index contributed by atoms with van der Waals surface area (Å²) in [6, 6.07) is 3.49. The Morgan fingerprint density at radius 1 is 1.06 bits per heavy atom. The fraction of sp³-hybridized carbons (Fsp3) is 0.560. The first kappa shape index (κ1) is 23.1. The molecule has 1 aliphatic carbocycles. The molecule has 2 N–H and O–H groups in total. The summed E-state index contributed by atoms with van der Waals surface area (Å²) in [6.45, 7) is 4.04. The number of aryl methyl sites for hydroxylation is 1. The van der Waals surface area contributed by atoms with Gasteiger partial charge in [0, 0.05) is 18.2 Å². The van der Waals surface area contributed by atoms with Crippen molar-refractivity contribution in [2.75, 3.05) is 5.32 Å². The van der Waals surface area contributed by atoms with Crippen LogP contribution in [0.1, 0.15) is 89.2 Å². The zero-order chi connectivity index (χ0) is 23.4. The molecule has 0 aliphatic heterocycles. The van der Waals surface area contributed by atoms with E-state index >= 15 is 0 Å². The number of carbonyl (C=O) groups is 1. The van der Waals surface area contributed by atoms with Gasteiger partial charge in [-0.3, -0.25) is 19.1 Å². The Morgan fingerprint density at radius 3 is 2.52 bits per heavy atom. The summed E-state index contributed by atoms with van der Waals surface area (Å²) in [7, 11) is 0. The van der Waals surface area contributed by atoms with Gasteiger partial charge >= 0.3 is 5.69 Å². The lowest BCUT2D eigenvalue weighted by atomic mass is 10.1. The van der Waals surface area contributed by atoms with E-state index in [-0.39, 0.29) is 28.7 Å². The van der Waals surface area contributed by atoms with Crippen LogP contribution in [-0.4, -0.2) is 25.4 Å². The summed E-state index contributed by atoms with van der Waals surface area (Å²) >= 11 is 0. The highest BCUT2D eigenvalue weighted by Gasteiger charge is 2.21. The Kier molecular flexibility index (Phi) is 7.20. The third kappa shape index (κ3) is 5.15. The number of anilines is 1. The minimum absolute atomic E-state index is 0.0259. The topological polar surface area (TPSA) is 110 Å². The van der Waals surface area contributed by atoms with Gasteiger partial charge in [0.15, 0.2) is 11.2 Å². The number of aromatic amines is 1. The number of nitrogens with one attached hydrogen (secondary N) is 2.